The standard InChI is InChI=1S/C26H31NOSi/c1-26(2,3)29(20-12-6-4-7-13-20,21-14-8-5-9-15-21)28-25-19-11-16-22-23(25)17-10-18-24(22)27/h4-9,11-16,19,24H,10,17-18,27H2,1-3H3. The molecule has 3 heteroatoms. The molecular weight excluding hydrogens is 370 g/mol. The Hall–Kier alpha value is -2.36. The Kier molecular flexibility index (Phi) is 5.37. The van der Waals surface area contributed by atoms with Gasteiger partial charge in [-0.2, -0.15) is 0 Å². The van der Waals surface area contributed by atoms with E-state index in [0.29, 0.717) is 0 Å². The van der Waals surface area contributed by atoms with Gasteiger partial charge in [-0.3, -0.25) is 0 Å². The lowest BCUT2D eigenvalue weighted by Crippen LogP contribution is -2.69. The molecule has 4 rings (SSSR count). The molecule has 3 aromatic rings. The summed E-state index contributed by atoms with van der Waals surface area (Å²) in [6, 6.07) is 28.2. The second-order valence-corrected chi connectivity index (χ2v) is 13.3. The molecule has 2 N–H and O–H groups in total. The fourth-order valence-corrected chi connectivity index (χ4v) is 9.21. The second-order valence-electron chi connectivity index (χ2n) is 9.09. The zero-order valence-electron chi connectivity index (χ0n) is 17.7. The summed E-state index contributed by atoms with van der Waals surface area (Å²) in [4.78, 5) is 0. The number of hydrogen-bond acceptors (Lipinski definition) is 2. The molecule has 0 saturated heterocycles. The van der Waals surface area contributed by atoms with E-state index in [4.69, 9.17) is 10.2 Å². The average molecular weight is 402 g/mol. The Bertz CT molecular complexity index is 924. The minimum Gasteiger partial charge on any atom is -0.534 e. The molecule has 1 aliphatic rings. The Balaban J connectivity index is 1.94. The number of rotatable bonds is 4. The van der Waals surface area contributed by atoms with Gasteiger partial charge in [0.25, 0.3) is 0 Å². The molecule has 0 heterocycles. The van der Waals surface area contributed by atoms with Crippen molar-refractivity contribution in [2.24, 2.45) is 5.73 Å². The number of fused-ring (bicyclic) bond motifs is 1. The minimum absolute atomic E-state index is 0.0464. The highest BCUT2D eigenvalue weighted by atomic mass is 28.4. The van der Waals surface area contributed by atoms with Crippen LogP contribution in [0.3, 0.4) is 0 Å². The highest BCUT2D eigenvalue weighted by Gasteiger charge is 2.52. The van der Waals surface area contributed by atoms with Gasteiger partial charge in [0.2, 0.25) is 0 Å². The van der Waals surface area contributed by atoms with E-state index in [9.17, 15) is 0 Å². The Morgan fingerprint density at radius 3 is 1.97 bits per heavy atom. The molecule has 0 saturated carbocycles. The predicted molar refractivity (Wildman–Crippen MR) is 125 cm³/mol. The maximum absolute atomic E-state index is 7.27. The lowest BCUT2D eigenvalue weighted by atomic mass is 9.88. The summed E-state index contributed by atoms with van der Waals surface area (Å²) in [6.45, 7) is 6.96. The molecule has 0 bridgehead atoms. The molecule has 3 aromatic carbocycles. The lowest BCUT2D eigenvalue weighted by molar-refractivity contribution is 0.488. The molecule has 1 aliphatic carbocycles. The van der Waals surface area contributed by atoms with Gasteiger partial charge in [-0.15, -0.1) is 0 Å². The zero-order valence-corrected chi connectivity index (χ0v) is 18.7. The van der Waals surface area contributed by atoms with Crippen molar-refractivity contribution in [3.8, 4) is 5.75 Å². The highest BCUT2D eigenvalue weighted by molar-refractivity contribution is 7.00. The fraction of sp³-hybridized carbons (Fsp3) is 0.308. The van der Waals surface area contributed by atoms with Crippen molar-refractivity contribution in [3.05, 3.63) is 90.0 Å². The predicted octanol–water partition coefficient (Wildman–Crippen LogP) is 4.96. The van der Waals surface area contributed by atoms with Gasteiger partial charge in [-0.1, -0.05) is 93.6 Å². The molecule has 0 radical (unpaired) electrons. The van der Waals surface area contributed by atoms with Crippen LogP contribution in [0.15, 0.2) is 78.9 Å². The van der Waals surface area contributed by atoms with Crippen LogP contribution in [0.1, 0.15) is 50.8 Å². The first-order valence-electron chi connectivity index (χ1n) is 10.6. The van der Waals surface area contributed by atoms with Gasteiger partial charge < -0.3 is 10.2 Å². The largest absolute Gasteiger partial charge is 0.534 e. The van der Waals surface area contributed by atoms with Crippen LogP contribution < -0.4 is 20.5 Å². The maximum Gasteiger partial charge on any atom is 0.319 e. The normalized spacial score (nSPS) is 16.9. The smallest absolute Gasteiger partial charge is 0.319 e. The van der Waals surface area contributed by atoms with Crippen LogP contribution in [0, 0.1) is 0 Å². The summed E-state index contributed by atoms with van der Waals surface area (Å²) in [6.07, 6.45) is 3.21. The molecule has 0 aromatic heterocycles. The topological polar surface area (TPSA) is 35.2 Å². The van der Waals surface area contributed by atoms with E-state index in [1.165, 1.54) is 21.5 Å². The van der Waals surface area contributed by atoms with Crippen LogP contribution >= 0.6 is 0 Å². The SMILES string of the molecule is CC(C)(C)[Si](Oc1cccc2c1CCCC2N)(c1ccccc1)c1ccccc1. The van der Waals surface area contributed by atoms with Gasteiger partial charge in [-0.25, -0.2) is 0 Å². The molecule has 2 nitrogen and oxygen atoms in total. The van der Waals surface area contributed by atoms with Crippen molar-refractivity contribution in [2.75, 3.05) is 0 Å². The molecule has 29 heavy (non-hydrogen) atoms. The fourth-order valence-electron chi connectivity index (χ4n) is 4.76. The van der Waals surface area contributed by atoms with E-state index in [1.54, 1.807) is 0 Å². The molecule has 0 spiro atoms. The third-order valence-corrected chi connectivity index (χ3v) is 11.1. The summed E-state index contributed by atoms with van der Waals surface area (Å²) < 4.78 is 7.27. The first kappa shape index (κ1) is 19.9. The number of hydrogen-bond donors (Lipinski definition) is 1. The number of nitrogens with two attached hydrogens (primary N) is 1. The van der Waals surface area contributed by atoms with Crippen molar-refractivity contribution in [1.82, 2.24) is 0 Å². The molecule has 0 aliphatic heterocycles. The molecule has 1 atom stereocenters. The van der Waals surface area contributed by atoms with Crippen molar-refractivity contribution in [1.29, 1.82) is 0 Å². The van der Waals surface area contributed by atoms with Crippen LogP contribution in [0.25, 0.3) is 0 Å². The van der Waals surface area contributed by atoms with E-state index in [1.807, 2.05) is 0 Å². The average Bonchev–Trinajstić information content (AvgIpc) is 2.73. The minimum atomic E-state index is -2.61. The molecule has 0 amide bonds. The first-order valence-corrected chi connectivity index (χ1v) is 12.5. The third kappa shape index (κ3) is 3.54. The molecule has 150 valence electrons. The van der Waals surface area contributed by atoms with Gasteiger partial charge >= 0.3 is 8.32 Å². The van der Waals surface area contributed by atoms with Gasteiger partial charge in [0.15, 0.2) is 0 Å². The molecule has 1 unspecified atom stereocenters. The van der Waals surface area contributed by atoms with Crippen molar-refractivity contribution in [3.63, 3.8) is 0 Å². The van der Waals surface area contributed by atoms with Crippen LogP contribution in [0.5, 0.6) is 5.75 Å². The second kappa shape index (κ2) is 7.81. The maximum atomic E-state index is 7.27. The van der Waals surface area contributed by atoms with Gasteiger partial charge in [0.1, 0.15) is 5.75 Å². The Labute approximate surface area is 175 Å². The Morgan fingerprint density at radius 1 is 0.828 bits per heavy atom. The third-order valence-electron chi connectivity index (χ3n) is 6.19. The Morgan fingerprint density at radius 2 is 1.41 bits per heavy atom. The zero-order chi connectivity index (χ0) is 20.5. The van der Waals surface area contributed by atoms with Crippen molar-refractivity contribution >= 4 is 18.7 Å². The molecule has 0 fully saturated rings. The van der Waals surface area contributed by atoms with E-state index >= 15 is 0 Å². The van der Waals surface area contributed by atoms with Gasteiger partial charge in [0, 0.05) is 6.04 Å². The van der Waals surface area contributed by atoms with Crippen molar-refractivity contribution in [2.45, 2.75) is 51.1 Å². The van der Waals surface area contributed by atoms with Gasteiger partial charge in [0.05, 0.1) is 0 Å². The molecular formula is C26H31NOSi. The number of benzene rings is 3. The summed E-state index contributed by atoms with van der Waals surface area (Å²) in [5.41, 5.74) is 9.00. The summed E-state index contributed by atoms with van der Waals surface area (Å²) in [5.74, 6) is 1.02. The van der Waals surface area contributed by atoms with Crippen molar-refractivity contribution < 1.29 is 4.43 Å². The van der Waals surface area contributed by atoms with Crippen LogP contribution in [0.4, 0.5) is 0 Å². The quantitative estimate of drug-likeness (QED) is 0.627. The summed E-state index contributed by atoms with van der Waals surface area (Å²) in [7, 11) is -2.61. The van der Waals surface area contributed by atoms with Crippen LogP contribution in [-0.4, -0.2) is 8.32 Å². The van der Waals surface area contributed by atoms with E-state index in [-0.39, 0.29) is 11.1 Å². The summed E-state index contributed by atoms with van der Waals surface area (Å²) >= 11 is 0. The highest BCUT2D eigenvalue weighted by Crippen LogP contribution is 2.41. The van der Waals surface area contributed by atoms with Gasteiger partial charge in [-0.05, 0) is 51.9 Å². The van der Waals surface area contributed by atoms with E-state index in [2.05, 4.69) is 99.6 Å². The monoisotopic (exact) mass is 401 g/mol. The first-order chi connectivity index (χ1) is 13.9. The van der Waals surface area contributed by atoms with Crippen LogP contribution in [0.2, 0.25) is 5.04 Å². The van der Waals surface area contributed by atoms with E-state index in [0.717, 1.165) is 25.0 Å². The lowest BCUT2D eigenvalue weighted by Gasteiger charge is -2.43. The van der Waals surface area contributed by atoms with E-state index < -0.39 is 8.32 Å². The summed E-state index contributed by atoms with van der Waals surface area (Å²) in [5, 5.41) is 2.56. The van der Waals surface area contributed by atoms with Crippen LogP contribution in [-0.2, 0) is 6.42 Å².